The van der Waals surface area contributed by atoms with Crippen molar-refractivity contribution in [2.45, 2.75) is 51.7 Å². The average molecular weight is 388 g/mol. The molecule has 1 aromatic heterocycles. The molecule has 1 fully saturated rings. The first kappa shape index (κ1) is 19.6. The van der Waals surface area contributed by atoms with Crippen molar-refractivity contribution >= 4 is 28.9 Å². The van der Waals surface area contributed by atoms with Crippen LogP contribution in [0.2, 0.25) is 0 Å². The van der Waals surface area contributed by atoms with Crippen LogP contribution >= 0.6 is 11.3 Å². The summed E-state index contributed by atoms with van der Waals surface area (Å²) in [5.41, 5.74) is 2.21. The van der Waals surface area contributed by atoms with Gasteiger partial charge in [-0.2, -0.15) is 0 Å². The molecule has 5 nitrogen and oxygen atoms in total. The predicted octanol–water partition coefficient (Wildman–Crippen LogP) is 4.46. The quantitative estimate of drug-likeness (QED) is 0.795. The van der Waals surface area contributed by atoms with Gasteiger partial charge in [-0.15, -0.1) is 11.3 Å². The highest BCUT2D eigenvalue weighted by Crippen LogP contribution is 2.30. The number of carbonyl (C=O) groups excluding carboxylic acids is 1. The molecule has 0 aliphatic carbocycles. The summed E-state index contributed by atoms with van der Waals surface area (Å²) in [4.78, 5) is 26.4. The summed E-state index contributed by atoms with van der Waals surface area (Å²) in [6.07, 6.45) is 1.29. The molecule has 1 atom stereocenters. The Kier molecular flexibility index (Phi) is 5.67. The van der Waals surface area contributed by atoms with Crippen LogP contribution in [0.25, 0.3) is 0 Å². The van der Waals surface area contributed by atoms with E-state index in [9.17, 15) is 9.59 Å². The Morgan fingerprint density at radius 2 is 1.93 bits per heavy atom. The fourth-order valence-electron chi connectivity index (χ4n) is 3.24. The van der Waals surface area contributed by atoms with Crippen LogP contribution in [0.1, 0.15) is 53.7 Å². The van der Waals surface area contributed by atoms with E-state index in [1.165, 1.54) is 16.9 Å². The Labute approximate surface area is 163 Å². The molecule has 0 saturated carbocycles. The lowest BCUT2D eigenvalue weighted by Crippen LogP contribution is -2.36. The number of benzene rings is 1. The molecule has 1 aliphatic heterocycles. The van der Waals surface area contributed by atoms with E-state index in [0.29, 0.717) is 24.5 Å². The molecule has 27 heavy (non-hydrogen) atoms. The summed E-state index contributed by atoms with van der Waals surface area (Å²) in [5, 5.41) is 8.98. The lowest BCUT2D eigenvalue weighted by Gasteiger charge is -2.26. The molecule has 3 rings (SSSR count). The van der Waals surface area contributed by atoms with Gasteiger partial charge >= 0.3 is 5.97 Å². The predicted molar refractivity (Wildman–Crippen MR) is 107 cm³/mol. The maximum atomic E-state index is 12.4. The molecule has 1 N–H and O–H groups in total. The first-order chi connectivity index (χ1) is 12.8. The van der Waals surface area contributed by atoms with Gasteiger partial charge < -0.3 is 14.7 Å². The monoisotopic (exact) mass is 387 g/mol. The van der Waals surface area contributed by atoms with E-state index in [2.05, 4.69) is 32.9 Å². The molecule has 1 saturated heterocycles. The third-order valence-electron chi connectivity index (χ3n) is 4.76. The molecule has 2 heterocycles. The zero-order valence-corrected chi connectivity index (χ0v) is 16.7. The number of anilines is 1. The largest absolute Gasteiger partial charge is 0.477 e. The first-order valence-corrected chi connectivity index (χ1v) is 9.90. The number of carbonyl (C=O) groups is 2. The molecule has 0 bridgehead atoms. The highest BCUT2D eigenvalue weighted by Gasteiger charge is 2.32. The van der Waals surface area contributed by atoms with Gasteiger partial charge in [0.15, 0.2) is 0 Å². The Morgan fingerprint density at radius 1 is 1.22 bits per heavy atom. The van der Waals surface area contributed by atoms with Crippen molar-refractivity contribution in [2.24, 2.45) is 0 Å². The minimum atomic E-state index is -0.919. The second-order valence-corrected chi connectivity index (χ2v) is 9.01. The molecule has 0 spiro atoms. The normalized spacial score (nSPS) is 17.5. The highest BCUT2D eigenvalue weighted by atomic mass is 32.1. The smallest absolute Gasteiger partial charge is 0.345 e. The molecule has 1 aromatic carbocycles. The zero-order chi connectivity index (χ0) is 19.6. The van der Waals surface area contributed by atoms with E-state index >= 15 is 0 Å². The topological polar surface area (TPSA) is 66.8 Å². The van der Waals surface area contributed by atoms with Crippen LogP contribution in [0, 0.1) is 0 Å². The van der Waals surface area contributed by atoms with Crippen LogP contribution in [-0.2, 0) is 21.6 Å². The van der Waals surface area contributed by atoms with Crippen molar-refractivity contribution < 1.29 is 19.4 Å². The molecule has 0 unspecified atom stereocenters. The van der Waals surface area contributed by atoms with Crippen LogP contribution in [0.5, 0.6) is 0 Å². The van der Waals surface area contributed by atoms with Gasteiger partial charge in [0.1, 0.15) is 4.88 Å². The second-order valence-electron chi connectivity index (χ2n) is 7.84. The highest BCUT2D eigenvalue weighted by molar-refractivity contribution is 7.13. The fraction of sp³-hybridized carbons (Fsp3) is 0.429. The number of thiophene rings is 1. The lowest BCUT2D eigenvalue weighted by molar-refractivity contribution is -0.117. The molecule has 1 amide bonds. The number of carboxylic acid groups (broad SMARTS) is 1. The lowest BCUT2D eigenvalue weighted by atomic mass is 9.87. The summed E-state index contributed by atoms with van der Waals surface area (Å²) >= 11 is 1.22. The number of amides is 1. The summed E-state index contributed by atoms with van der Waals surface area (Å²) < 4.78 is 5.80. The van der Waals surface area contributed by atoms with Crippen molar-refractivity contribution in [3.8, 4) is 0 Å². The molecule has 2 aromatic rings. The molecular formula is C21H25NO4S. The van der Waals surface area contributed by atoms with E-state index in [1.807, 2.05) is 17.0 Å². The van der Waals surface area contributed by atoms with Gasteiger partial charge in [-0.3, -0.25) is 4.79 Å². The summed E-state index contributed by atoms with van der Waals surface area (Å²) in [7, 11) is 0. The van der Waals surface area contributed by atoms with Crippen LogP contribution in [-0.4, -0.2) is 29.6 Å². The first-order valence-electron chi connectivity index (χ1n) is 9.08. The number of aromatic carboxylic acids is 1. The van der Waals surface area contributed by atoms with E-state index in [4.69, 9.17) is 9.84 Å². The van der Waals surface area contributed by atoms with Crippen molar-refractivity contribution in [1.82, 2.24) is 0 Å². The number of rotatable bonds is 6. The second kappa shape index (κ2) is 7.82. The maximum Gasteiger partial charge on any atom is 0.345 e. The van der Waals surface area contributed by atoms with Gasteiger partial charge in [0.2, 0.25) is 5.91 Å². The van der Waals surface area contributed by atoms with Crippen molar-refractivity contribution in [3.05, 3.63) is 51.7 Å². The van der Waals surface area contributed by atoms with Gasteiger partial charge in [-0.05, 0) is 41.7 Å². The van der Waals surface area contributed by atoms with Crippen LogP contribution in [0.4, 0.5) is 5.69 Å². The van der Waals surface area contributed by atoms with E-state index in [1.54, 1.807) is 12.1 Å². The number of ether oxygens (including phenoxy) is 1. The fourth-order valence-corrected chi connectivity index (χ4v) is 4.03. The summed E-state index contributed by atoms with van der Waals surface area (Å²) in [6.45, 7) is 7.30. The standard InChI is InChI=1S/C21H25NO4S/c1-21(2,3)14-4-6-15(7-5-14)22-16(8-11-19(22)23)12-26-13-17-9-10-18(27-17)20(24)25/h4-7,9-10,16H,8,11-13H2,1-3H3,(H,24,25)/t16-/m0/s1. The van der Waals surface area contributed by atoms with Crippen molar-refractivity contribution in [3.63, 3.8) is 0 Å². The molecule has 6 heteroatoms. The van der Waals surface area contributed by atoms with Crippen molar-refractivity contribution in [1.29, 1.82) is 0 Å². The van der Waals surface area contributed by atoms with Gasteiger partial charge in [-0.1, -0.05) is 32.9 Å². The SMILES string of the molecule is CC(C)(C)c1ccc(N2C(=O)CC[C@H]2COCc2ccc(C(=O)O)s2)cc1. The van der Waals surface area contributed by atoms with Crippen molar-refractivity contribution in [2.75, 3.05) is 11.5 Å². The molecule has 0 radical (unpaired) electrons. The van der Waals surface area contributed by atoms with Gasteiger partial charge in [-0.25, -0.2) is 4.79 Å². The van der Waals surface area contributed by atoms with Gasteiger partial charge in [0, 0.05) is 17.0 Å². The van der Waals surface area contributed by atoms with Crippen LogP contribution in [0.15, 0.2) is 36.4 Å². The number of hydrogen-bond acceptors (Lipinski definition) is 4. The average Bonchev–Trinajstić information content (AvgIpc) is 3.22. The van der Waals surface area contributed by atoms with E-state index in [0.717, 1.165) is 17.0 Å². The van der Waals surface area contributed by atoms with Gasteiger partial charge in [0.25, 0.3) is 0 Å². The summed E-state index contributed by atoms with van der Waals surface area (Å²) in [5.74, 6) is -0.797. The Morgan fingerprint density at radius 3 is 2.52 bits per heavy atom. The zero-order valence-electron chi connectivity index (χ0n) is 15.9. The molecular weight excluding hydrogens is 362 g/mol. The van der Waals surface area contributed by atoms with E-state index in [-0.39, 0.29) is 17.4 Å². The Bertz CT molecular complexity index is 819. The molecule has 1 aliphatic rings. The third-order valence-corrected chi connectivity index (χ3v) is 5.81. The third kappa shape index (κ3) is 4.57. The minimum absolute atomic E-state index is 0.0110. The Hall–Kier alpha value is -2.18. The van der Waals surface area contributed by atoms with Crippen LogP contribution in [0.3, 0.4) is 0 Å². The van der Waals surface area contributed by atoms with Gasteiger partial charge in [0.05, 0.1) is 19.3 Å². The Balaban J connectivity index is 1.63. The summed E-state index contributed by atoms with van der Waals surface area (Å²) in [6, 6.07) is 11.6. The number of carboxylic acids is 1. The van der Waals surface area contributed by atoms with E-state index < -0.39 is 5.97 Å². The molecule has 144 valence electrons. The number of nitrogens with zero attached hydrogens (tertiary/aromatic N) is 1. The van der Waals surface area contributed by atoms with Crippen LogP contribution < -0.4 is 4.90 Å². The maximum absolute atomic E-state index is 12.4. The minimum Gasteiger partial charge on any atom is -0.477 e. The number of hydrogen-bond donors (Lipinski definition) is 1.